The Hall–Kier alpha value is -3.55. The van der Waals surface area contributed by atoms with E-state index in [2.05, 4.69) is 14.5 Å². The van der Waals surface area contributed by atoms with Gasteiger partial charge in [-0.15, -0.1) is 8.78 Å². The molecule has 2 aliphatic rings. The van der Waals surface area contributed by atoms with Gasteiger partial charge in [-0.3, -0.25) is 9.78 Å². The number of pyridine rings is 2. The fourth-order valence-electron chi connectivity index (χ4n) is 4.25. The highest BCUT2D eigenvalue weighted by Crippen LogP contribution is 2.52. The number of ether oxygens (including phenoxy) is 3. The third kappa shape index (κ3) is 3.79. The zero-order valence-corrected chi connectivity index (χ0v) is 18.4. The largest absolute Gasteiger partial charge is 0.586 e. The first-order valence-electron chi connectivity index (χ1n) is 10.6. The summed E-state index contributed by atoms with van der Waals surface area (Å²) in [5, 5.41) is 0. The molecular weight excluding hydrogens is 430 g/mol. The highest BCUT2D eigenvalue weighted by molar-refractivity contribution is 5.94. The molecule has 3 heterocycles. The first-order chi connectivity index (χ1) is 15.7. The number of carbonyl (C=O) groups excluding carboxylic acids is 1. The van der Waals surface area contributed by atoms with Crippen LogP contribution < -0.4 is 14.2 Å². The molecule has 5 rings (SSSR count). The summed E-state index contributed by atoms with van der Waals surface area (Å²) in [5.41, 5.74) is 4.25. The van der Waals surface area contributed by atoms with Crippen LogP contribution >= 0.6 is 0 Å². The average molecular weight is 452 g/mol. The van der Waals surface area contributed by atoms with Gasteiger partial charge in [-0.2, -0.15) is 0 Å². The maximum Gasteiger partial charge on any atom is 0.586 e. The molecule has 1 aliphatic heterocycles. The van der Waals surface area contributed by atoms with Crippen molar-refractivity contribution in [3.05, 3.63) is 65.0 Å². The Labute approximate surface area is 189 Å². The molecule has 0 spiro atoms. The molecule has 0 unspecified atom stereocenters. The van der Waals surface area contributed by atoms with Crippen molar-refractivity contribution < 1.29 is 27.8 Å². The highest BCUT2D eigenvalue weighted by Gasteiger charge is 2.52. The molecule has 0 N–H and O–H groups in total. The number of aryl methyl sites for hydroxylation is 1. The lowest BCUT2D eigenvalue weighted by atomic mass is 9.88. The van der Waals surface area contributed by atoms with Crippen LogP contribution in [0.2, 0.25) is 0 Å². The van der Waals surface area contributed by atoms with Gasteiger partial charge in [0.1, 0.15) is 5.78 Å². The van der Waals surface area contributed by atoms with Crippen LogP contribution in [0, 0.1) is 13.8 Å². The van der Waals surface area contributed by atoms with E-state index in [0.717, 1.165) is 22.4 Å². The quantitative estimate of drug-likeness (QED) is 0.528. The van der Waals surface area contributed by atoms with Gasteiger partial charge in [0.15, 0.2) is 11.5 Å². The third-order valence-corrected chi connectivity index (χ3v) is 6.38. The van der Waals surface area contributed by atoms with Crippen molar-refractivity contribution in [2.24, 2.45) is 0 Å². The minimum Gasteiger partial charge on any atom is -0.481 e. The molecule has 0 saturated heterocycles. The highest BCUT2D eigenvalue weighted by atomic mass is 19.3. The topological polar surface area (TPSA) is 70.5 Å². The van der Waals surface area contributed by atoms with Gasteiger partial charge in [-0.1, -0.05) is 6.07 Å². The summed E-state index contributed by atoms with van der Waals surface area (Å²) in [6.45, 7) is 3.97. The van der Waals surface area contributed by atoms with Gasteiger partial charge in [0.05, 0.1) is 18.2 Å². The summed E-state index contributed by atoms with van der Waals surface area (Å²) in [6, 6.07) is 10.2. The number of hydrogen-bond donors (Lipinski definition) is 0. The average Bonchev–Trinajstić information content (AvgIpc) is 3.53. The van der Waals surface area contributed by atoms with Crippen molar-refractivity contribution in [1.82, 2.24) is 9.97 Å². The second-order valence-electron chi connectivity index (χ2n) is 8.50. The number of fused-ring (bicyclic) bond motifs is 1. The normalized spacial score (nSPS) is 17.0. The van der Waals surface area contributed by atoms with Gasteiger partial charge in [0.25, 0.3) is 0 Å². The van der Waals surface area contributed by atoms with Crippen LogP contribution in [0.5, 0.6) is 17.4 Å². The van der Waals surface area contributed by atoms with E-state index >= 15 is 0 Å². The first-order valence-corrected chi connectivity index (χ1v) is 10.6. The summed E-state index contributed by atoms with van der Waals surface area (Å²) < 4.78 is 40.9. The smallest absolute Gasteiger partial charge is 0.481 e. The molecule has 1 fully saturated rings. The summed E-state index contributed by atoms with van der Waals surface area (Å²) >= 11 is 0. The number of ketones is 1. The van der Waals surface area contributed by atoms with E-state index in [0.29, 0.717) is 30.0 Å². The van der Waals surface area contributed by atoms with Gasteiger partial charge < -0.3 is 14.2 Å². The van der Waals surface area contributed by atoms with Gasteiger partial charge in [0, 0.05) is 29.9 Å². The number of nitrogens with zero attached hydrogens (tertiary/aromatic N) is 2. The number of Topliss-reactive ketones (excluding diaryl/α,β-unsaturated/α-hetero) is 1. The maximum absolute atomic E-state index is 13.4. The van der Waals surface area contributed by atoms with E-state index < -0.39 is 11.7 Å². The summed E-state index contributed by atoms with van der Waals surface area (Å²) in [6.07, 6.45) is -0.534. The van der Waals surface area contributed by atoms with Crippen molar-refractivity contribution in [1.29, 1.82) is 0 Å². The minimum atomic E-state index is -3.68. The third-order valence-electron chi connectivity index (χ3n) is 6.38. The Bertz CT molecular complexity index is 1250. The molecule has 6 nitrogen and oxygen atoms in total. The molecular formula is C25H22F2N2O4. The van der Waals surface area contributed by atoms with Crippen LogP contribution in [0.4, 0.5) is 8.78 Å². The zero-order chi connectivity index (χ0) is 23.4. The molecule has 1 aliphatic carbocycles. The van der Waals surface area contributed by atoms with Crippen LogP contribution in [0.1, 0.15) is 35.2 Å². The molecule has 170 valence electrons. The molecule has 2 aromatic heterocycles. The van der Waals surface area contributed by atoms with Gasteiger partial charge >= 0.3 is 6.29 Å². The van der Waals surface area contributed by atoms with E-state index in [-0.39, 0.29) is 23.7 Å². The fraction of sp³-hybridized carbons (Fsp3) is 0.320. The van der Waals surface area contributed by atoms with E-state index in [1.165, 1.54) is 12.1 Å². The van der Waals surface area contributed by atoms with E-state index in [9.17, 15) is 13.6 Å². The summed E-state index contributed by atoms with van der Waals surface area (Å²) in [4.78, 5) is 22.4. The number of alkyl halides is 2. The molecule has 1 saturated carbocycles. The van der Waals surface area contributed by atoms with Crippen LogP contribution in [0.15, 0.2) is 42.6 Å². The lowest BCUT2D eigenvalue weighted by molar-refractivity contribution is -0.286. The van der Waals surface area contributed by atoms with Gasteiger partial charge in [0.2, 0.25) is 5.88 Å². The maximum atomic E-state index is 13.4. The monoisotopic (exact) mass is 452 g/mol. The Morgan fingerprint density at radius 3 is 2.52 bits per heavy atom. The molecule has 0 amide bonds. The number of benzene rings is 1. The minimum absolute atomic E-state index is 0.00249. The Morgan fingerprint density at radius 1 is 1.09 bits per heavy atom. The first kappa shape index (κ1) is 21.3. The van der Waals surface area contributed by atoms with E-state index in [4.69, 9.17) is 9.72 Å². The predicted molar refractivity (Wildman–Crippen MR) is 116 cm³/mol. The Kier molecular flexibility index (Phi) is 4.84. The molecule has 1 aromatic carbocycles. The van der Waals surface area contributed by atoms with Gasteiger partial charge in [-0.05, 0) is 67.6 Å². The number of aromatic nitrogens is 2. The lowest BCUT2D eigenvalue weighted by Crippen LogP contribution is -2.26. The molecule has 0 bridgehead atoms. The number of hydrogen-bond acceptors (Lipinski definition) is 6. The van der Waals surface area contributed by atoms with Crippen LogP contribution in [0.25, 0.3) is 11.3 Å². The Morgan fingerprint density at radius 2 is 1.85 bits per heavy atom. The van der Waals surface area contributed by atoms with Crippen LogP contribution in [-0.2, 0) is 16.6 Å². The van der Waals surface area contributed by atoms with Crippen molar-refractivity contribution >= 4 is 5.78 Å². The van der Waals surface area contributed by atoms with Crippen molar-refractivity contribution in [2.75, 3.05) is 7.11 Å². The number of halogens is 2. The number of carbonyl (C=O) groups is 1. The lowest BCUT2D eigenvalue weighted by Gasteiger charge is -2.16. The molecule has 3 aromatic rings. The second kappa shape index (κ2) is 7.50. The van der Waals surface area contributed by atoms with Crippen molar-refractivity contribution in [2.45, 2.75) is 44.8 Å². The Balaban J connectivity index is 1.42. The molecule has 33 heavy (non-hydrogen) atoms. The zero-order valence-electron chi connectivity index (χ0n) is 18.4. The number of methoxy groups -OCH3 is 1. The van der Waals surface area contributed by atoms with E-state index in [1.54, 1.807) is 25.4 Å². The predicted octanol–water partition coefficient (Wildman–Crippen LogP) is 4.93. The van der Waals surface area contributed by atoms with E-state index in [1.807, 2.05) is 26.0 Å². The van der Waals surface area contributed by atoms with Crippen LogP contribution in [0.3, 0.4) is 0 Å². The molecule has 0 atom stereocenters. The molecule has 0 radical (unpaired) electrons. The fourth-order valence-corrected chi connectivity index (χ4v) is 4.25. The van der Waals surface area contributed by atoms with Gasteiger partial charge in [-0.25, -0.2) is 4.98 Å². The number of rotatable bonds is 6. The van der Waals surface area contributed by atoms with Crippen molar-refractivity contribution in [3.63, 3.8) is 0 Å². The summed E-state index contributed by atoms with van der Waals surface area (Å²) in [7, 11) is 1.56. The SMILES string of the molecule is COc1ccc(-c2nc(CC(=O)C3(c4ccc5c(c4)OC(F)(F)O5)CC3)cc(C)c2C)cn1. The molecule has 8 heteroatoms. The standard InChI is InChI=1S/C25H22F2N2O4/c1-14-10-18(29-23(15(14)2)16-4-7-22(31-3)28-13-16)12-21(30)24(8-9-24)17-5-6-19-20(11-17)33-25(26,27)32-19/h4-7,10-11,13H,8-9,12H2,1-3H3. The summed E-state index contributed by atoms with van der Waals surface area (Å²) in [5.74, 6) is 0.440. The van der Waals surface area contributed by atoms with Crippen LogP contribution in [-0.4, -0.2) is 29.2 Å². The second-order valence-corrected chi connectivity index (χ2v) is 8.50. The van der Waals surface area contributed by atoms with Crippen molar-refractivity contribution in [3.8, 4) is 28.6 Å².